The van der Waals surface area contributed by atoms with Gasteiger partial charge in [-0.15, -0.1) is 5.10 Å². The smallest absolute Gasteiger partial charge is 0.304 e. The van der Waals surface area contributed by atoms with Gasteiger partial charge < -0.3 is 19.7 Å². The number of carbonyl (C=O) groups is 2. The maximum Gasteiger partial charge on any atom is 0.304 e. The molecule has 0 spiro atoms. The van der Waals surface area contributed by atoms with E-state index in [1.807, 2.05) is 26.1 Å². The zero-order valence-corrected chi connectivity index (χ0v) is 25.2. The van der Waals surface area contributed by atoms with Crippen molar-refractivity contribution in [1.82, 2.24) is 19.9 Å². The largest absolute Gasteiger partial charge is 0.494 e. The molecule has 10 nitrogen and oxygen atoms in total. The second kappa shape index (κ2) is 12.0. The van der Waals surface area contributed by atoms with Crippen molar-refractivity contribution < 1.29 is 29.3 Å². The van der Waals surface area contributed by atoms with Crippen LogP contribution in [0.15, 0.2) is 48.5 Å². The van der Waals surface area contributed by atoms with Crippen LogP contribution in [-0.4, -0.2) is 61.8 Å². The van der Waals surface area contributed by atoms with Crippen molar-refractivity contribution in [2.75, 3.05) is 13.7 Å². The Hall–Kier alpha value is -4.44. The highest BCUT2D eigenvalue weighted by Crippen LogP contribution is 2.43. The minimum Gasteiger partial charge on any atom is -0.494 e. The van der Waals surface area contributed by atoms with Crippen LogP contribution in [0.2, 0.25) is 0 Å². The molecule has 0 radical (unpaired) electrons. The van der Waals surface area contributed by atoms with E-state index in [4.69, 9.17) is 19.4 Å². The quantitative estimate of drug-likeness (QED) is 0.291. The van der Waals surface area contributed by atoms with Crippen molar-refractivity contribution in [3.8, 4) is 11.5 Å². The highest BCUT2D eigenvalue weighted by atomic mass is 16.5. The molecule has 1 aliphatic carbocycles. The van der Waals surface area contributed by atoms with E-state index < -0.39 is 5.97 Å². The number of aliphatic carboxylic acids is 1. The minimum absolute atomic E-state index is 0.0306. The molecule has 2 atom stereocenters. The Morgan fingerprint density at radius 2 is 1.95 bits per heavy atom. The molecule has 2 unspecified atom stereocenters. The molecule has 0 saturated carbocycles. The molecular weight excluding hydrogens is 548 g/mol. The summed E-state index contributed by atoms with van der Waals surface area (Å²) in [5, 5.41) is 25.5. The maximum atomic E-state index is 12.2. The monoisotopic (exact) mass is 586 g/mol. The van der Waals surface area contributed by atoms with Crippen LogP contribution in [0.1, 0.15) is 72.0 Å². The minimum atomic E-state index is -0.845. The molecule has 4 aromatic rings. The first kappa shape index (κ1) is 30.0. The summed E-state index contributed by atoms with van der Waals surface area (Å²) in [6.07, 6.45) is 2.00. The van der Waals surface area contributed by atoms with E-state index in [0.717, 1.165) is 59.4 Å². The Morgan fingerprint density at radius 3 is 2.67 bits per heavy atom. The third-order valence-electron chi connectivity index (χ3n) is 8.48. The van der Waals surface area contributed by atoms with Gasteiger partial charge in [-0.3, -0.25) is 14.5 Å². The summed E-state index contributed by atoms with van der Waals surface area (Å²) in [5.74, 6) is 0.395. The van der Waals surface area contributed by atoms with Crippen LogP contribution in [0.3, 0.4) is 0 Å². The van der Waals surface area contributed by atoms with E-state index in [0.29, 0.717) is 5.75 Å². The lowest BCUT2D eigenvalue weighted by atomic mass is 9.84. The number of aromatic nitrogens is 3. The first-order chi connectivity index (χ1) is 20.6. The van der Waals surface area contributed by atoms with Crippen LogP contribution in [0.5, 0.6) is 11.5 Å². The maximum absolute atomic E-state index is 12.2. The van der Waals surface area contributed by atoms with Gasteiger partial charge in [-0.05, 0) is 73.6 Å². The molecule has 226 valence electrons. The average molecular weight is 587 g/mol. The number of hydrogen-bond acceptors (Lipinski definition) is 7. The van der Waals surface area contributed by atoms with Crippen molar-refractivity contribution >= 4 is 23.5 Å². The van der Waals surface area contributed by atoms with Gasteiger partial charge in [0.1, 0.15) is 28.1 Å². The van der Waals surface area contributed by atoms with E-state index in [2.05, 4.69) is 65.5 Å². The van der Waals surface area contributed by atoms with Crippen LogP contribution in [0.25, 0.3) is 11.0 Å². The predicted molar refractivity (Wildman–Crippen MR) is 162 cm³/mol. The predicted octanol–water partition coefficient (Wildman–Crippen LogP) is 5.25. The number of rotatable bonds is 6. The fraction of sp³-hybridized carbons (Fsp3) is 0.394. The van der Waals surface area contributed by atoms with Gasteiger partial charge in [0.05, 0.1) is 13.5 Å². The molecule has 1 aromatic heterocycles. The summed E-state index contributed by atoms with van der Waals surface area (Å²) in [6.45, 7) is 7.65. The zero-order chi connectivity index (χ0) is 30.9. The van der Waals surface area contributed by atoms with E-state index in [1.54, 1.807) is 11.8 Å². The lowest BCUT2D eigenvalue weighted by molar-refractivity contribution is -0.137. The number of aryl methyl sites for hydroxylation is 3. The highest BCUT2D eigenvalue weighted by Gasteiger charge is 2.36. The normalized spacial score (nSPS) is 17.9. The van der Waals surface area contributed by atoms with E-state index in [-0.39, 0.29) is 30.5 Å². The molecule has 2 heterocycles. The van der Waals surface area contributed by atoms with Crippen LogP contribution in [-0.2, 0) is 29.6 Å². The van der Waals surface area contributed by atoms with Crippen LogP contribution in [0, 0.1) is 6.92 Å². The van der Waals surface area contributed by atoms with E-state index >= 15 is 0 Å². The summed E-state index contributed by atoms with van der Waals surface area (Å²) in [7, 11) is 3.46. The van der Waals surface area contributed by atoms with Gasteiger partial charge in [0.2, 0.25) is 0 Å². The third-order valence-corrected chi connectivity index (χ3v) is 8.48. The molecule has 2 N–H and O–H groups in total. The van der Waals surface area contributed by atoms with Gasteiger partial charge in [0.15, 0.2) is 0 Å². The number of nitrogens with zero attached hydrogens (tertiary/aromatic N) is 4. The number of carboxylic acid groups (broad SMARTS) is 2. The Balaban J connectivity index is 0.00000118. The molecule has 3 aromatic carbocycles. The topological polar surface area (TPSA) is 127 Å². The third kappa shape index (κ3) is 5.92. The second-order valence-electron chi connectivity index (χ2n) is 11.8. The van der Waals surface area contributed by atoms with Crippen molar-refractivity contribution in [3.63, 3.8) is 0 Å². The molecule has 0 bridgehead atoms. The molecule has 0 fully saturated rings. The van der Waals surface area contributed by atoms with Crippen LogP contribution in [0.4, 0.5) is 0 Å². The average Bonchev–Trinajstić information content (AvgIpc) is 3.53. The van der Waals surface area contributed by atoms with E-state index in [9.17, 15) is 9.90 Å². The van der Waals surface area contributed by atoms with Gasteiger partial charge in [0, 0.05) is 37.7 Å². The number of benzene rings is 3. The number of ether oxygens (including phenoxy) is 2. The molecule has 0 amide bonds. The Kier molecular flexibility index (Phi) is 8.41. The van der Waals surface area contributed by atoms with Gasteiger partial charge in [-0.2, -0.15) is 0 Å². The molecule has 10 heteroatoms. The summed E-state index contributed by atoms with van der Waals surface area (Å²) < 4.78 is 13.8. The molecule has 2 aliphatic rings. The fourth-order valence-electron chi connectivity index (χ4n) is 6.68. The number of fused-ring (bicyclic) bond motifs is 3. The van der Waals surface area contributed by atoms with Gasteiger partial charge in [0.25, 0.3) is 6.47 Å². The van der Waals surface area contributed by atoms with Crippen molar-refractivity contribution in [2.24, 2.45) is 7.05 Å². The zero-order valence-electron chi connectivity index (χ0n) is 25.2. The highest BCUT2D eigenvalue weighted by molar-refractivity contribution is 5.86. The number of carboxylic acids is 1. The molecule has 43 heavy (non-hydrogen) atoms. The first-order valence-corrected chi connectivity index (χ1v) is 14.4. The first-order valence-electron chi connectivity index (χ1n) is 14.4. The molecule has 0 saturated heterocycles. The molecule has 1 aliphatic heterocycles. The van der Waals surface area contributed by atoms with Crippen molar-refractivity contribution in [3.05, 3.63) is 81.9 Å². The Bertz CT molecular complexity index is 1660. The van der Waals surface area contributed by atoms with Gasteiger partial charge in [-0.1, -0.05) is 41.6 Å². The van der Waals surface area contributed by atoms with E-state index in [1.165, 1.54) is 16.7 Å². The summed E-state index contributed by atoms with van der Waals surface area (Å²) in [6, 6.07) is 17.0. The van der Waals surface area contributed by atoms with Gasteiger partial charge >= 0.3 is 5.97 Å². The SMILES string of the molecule is COc1cc(C(CC(=O)O)c2ccc3c(c2)C(N2Cc4ccccc4OC(C)(C)C2)CC3)c(C)c2nnn(C)c12.O=CO. The standard InChI is InChI=1S/C32H36N4O4.CH2O2/c1-19-23(15-28(39-5)31-30(19)33-34-35(31)4)24(16-29(37)38)21-11-10-20-12-13-26(25(20)14-21)36-17-22-8-6-7-9-27(22)40-32(2,3)18-36;2-1-3/h6-11,14-15,24,26H,12-13,16-18H2,1-5H3,(H,37,38);1H,(H,2,3). The molecular formula is C33H38N4O6. The lowest BCUT2D eigenvalue weighted by Gasteiger charge is -2.34. The van der Waals surface area contributed by atoms with Crippen molar-refractivity contribution in [1.29, 1.82) is 0 Å². The Morgan fingerprint density at radius 1 is 1.21 bits per heavy atom. The number of methoxy groups -OCH3 is 1. The van der Waals surface area contributed by atoms with Crippen LogP contribution >= 0.6 is 0 Å². The number of hydrogen-bond donors (Lipinski definition) is 2. The summed E-state index contributed by atoms with van der Waals surface area (Å²) in [4.78, 5) is 23.1. The summed E-state index contributed by atoms with van der Waals surface area (Å²) >= 11 is 0. The second-order valence-corrected chi connectivity index (χ2v) is 11.8. The van der Waals surface area contributed by atoms with Crippen LogP contribution < -0.4 is 9.47 Å². The lowest BCUT2D eigenvalue weighted by Crippen LogP contribution is -2.41. The van der Waals surface area contributed by atoms with Crippen molar-refractivity contribution in [2.45, 2.75) is 64.1 Å². The fourth-order valence-corrected chi connectivity index (χ4v) is 6.68. The summed E-state index contributed by atoms with van der Waals surface area (Å²) in [5.41, 5.74) is 7.84. The number of para-hydroxylation sites is 1. The van der Waals surface area contributed by atoms with Gasteiger partial charge in [-0.25, -0.2) is 4.68 Å². The Labute approximate surface area is 250 Å². The molecule has 6 rings (SSSR count).